The first-order valence-corrected chi connectivity index (χ1v) is 7.41. The number of hydrogen-bond acceptors (Lipinski definition) is 2. The number of rotatable bonds is 3. The van der Waals surface area contributed by atoms with Crippen LogP contribution in [0.15, 0.2) is 37.8 Å². The molecule has 0 fully saturated rings. The molecule has 1 aromatic carbocycles. The normalized spacial score (nSPS) is 12.5. The van der Waals surface area contributed by atoms with Crippen LogP contribution in [0.4, 0.5) is 5.69 Å². The highest BCUT2D eigenvalue weighted by molar-refractivity contribution is 9.10. The number of aryl methyl sites for hydroxylation is 1. The molecule has 0 bridgehead atoms. The molecular formula is C13H12Br2ClNO. The van der Waals surface area contributed by atoms with Crippen LogP contribution >= 0.6 is 43.5 Å². The number of anilines is 1. The average molecular weight is 394 g/mol. The van der Waals surface area contributed by atoms with Gasteiger partial charge in [0.25, 0.3) is 0 Å². The van der Waals surface area contributed by atoms with Gasteiger partial charge in [-0.05, 0) is 75.5 Å². The van der Waals surface area contributed by atoms with Gasteiger partial charge in [-0.3, -0.25) is 0 Å². The number of nitrogens with one attached hydrogen (secondary N) is 1. The minimum Gasteiger partial charge on any atom is -0.452 e. The third kappa shape index (κ3) is 3.11. The summed E-state index contributed by atoms with van der Waals surface area (Å²) < 4.78 is 7.23. The van der Waals surface area contributed by atoms with Gasteiger partial charge in [-0.25, -0.2) is 0 Å². The molecule has 5 heteroatoms. The Morgan fingerprint density at radius 1 is 1.28 bits per heavy atom. The SMILES string of the molecule is Cc1cc(Br)c(NC(C)c2ccc(Br)o2)cc1Cl. The van der Waals surface area contributed by atoms with Gasteiger partial charge in [-0.1, -0.05) is 11.6 Å². The topological polar surface area (TPSA) is 25.2 Å². The van der Waals surface area contributed by atoms with Crippen LogP contribution in [0.1, 0.15) is 24.3 Å². The Kier molecular flexibility index (Phi) is 4.41. The summed E-state index contributed by atoms with van der Waals surface area (Å²) in [5.74, 6) is 0.866. The van der Waals surface area contributed by atoms with E-state index in [1.165, 1.54) is 0 Å². The Morgan fingerprint density at radius 2 is 2.00 bits per heavy atom. The summed E-state index contributed by atoms with van der Waals surface area (Å²) >= 11 is 13.0. The molecule has 1 heterocycles. The number of halogens is 3. The second-order valence-electron chi connectivity index (χ2n) is 4.09. The molecule has 0 radical (unpaired) electrons. The summed E-state index contributed by atoms with van der Waals surface area (Å²) in [7, 11) is 0. The Hall–Kier alpha value is -0.450. The molecule has 0 amide bonds. The van der Waals surface area contributed by atoms with E-state index in [2.05, 4.69) is 37.2 Å². The first kappa shape index (κ1) is 14.0. The van der Waals surface area contributed by atoms with E-state index in [4.69, 9.17) is 16.0 Å². The second kappa shape index (κ2) is 5.68. The summed E-state index contributed by atoms with van der Waals surface area (Å²) in [4.78, 5) is 0. The minimum atomic E-state index is 0.0615. The quantitative estimate of drug-likeness (QED) is 0.698. The fourth-order valence-electron chi connectivity index (χ4n) is 1.62. The first-order chi connectivity index (χ1) is 8.47. The molecule has 1 aromatic heterocycles. The van der Waals surface area contributed by atoms with Crippen molar-refractivity contribution in [2.24, 2.45) is 0 Å². The third-order valence-electron chi connectivity index (χ3n) is 2.64. The zero-order valence-corrected chi connectivity index (χ0v) is 13.9. The second-order valence-corrected chi connectivity index (χ2v) is 6.13. The molecule has 1 unspecified atom stereocenters. The van der Waals surface area contributed by atoms with Crippen LogP contribution in [0, 0.1) is 6.92 Å². The van der Waals surface area contributed by atoms with Crippen LogP contribution in [-0.4, -0.2) is 0 Å². The average Bonchev–Trinajstić information content (AvgIpc) is 2.73. The molecule has 0 aliphatic carbocycles. The van der Waals surface area contributed by atoms with Gasteiger partial charge in [-0.2, -0.15) is 0 Å². The lowest BCUT2D eigenvalue weighted by atomic mass is 10.2. The summed E-state index contributed by atoms with van der Waals surface area (Å²) in [6.07, 6.45) is 0. The molecule has 0 saturated carbocycles. The molecule has 1 atom stereocenters. The highest BCUT2D eigenvalue weighted by Gasteiger charge is 2.12. The van der Waals surface area contributed by atoms with E-state index in [1.54, 1.807) is 0 Å². The van der Waals surface area contributed by atoms with Crippen LogP contribution in [0.3, 0.4) is 0 Å². The number of hydrogen-bond donors (Lipinski definition) is 1. The summed E-state index contributed by atoms with van der Waals surface area (Å²) in [5, 5.41) is 4.11. The summed E-state index contributed by atoms with van der Waals surface area (Å²) in [5.41, 5.74) is 1.99. The van der Waals surface area contributed by atoms with Gasteiger partial charge in [0.1, 0.15) is 5.76 Å². The minimum absolute atomic E-state index is 0.0615. The van der Waals surface area contributed by atoms with E-state index < -0.39 is 0 Å². The summed E-state index contributed by atoms with van der Waals surface area (Å²) in [6, 6.07) is 7.78. The predicted octanol–water partition coefficient (Wildman–Crippen LogP) is 5.94. The molecule has 18 heavy (non-hydrogen) atoms. The molecule has 0 saturated heterocycles. The van der Waals surface area contributed by atoms with E-state index in [-0.39, 0.29) is 6.04 Å². The maximum atomic E-state index is 6.13. The van der Waals surface area contributed by atoms with Crippen molar-refractivity contribution in [1.29, 1.82) is 0 Å². The highest BCUT2D eigenvalue weighted by atomic mass is 79.9. The molecule has 1 N–H and O–H groups in total. The maximum Gasteiger partial charge on any atom is 0.169 e. The molecule has 0 spiro atoms. The van der Waals surface area contributed by atoms with Crippen molar-refractivity contribution in [3.05, 3.63) is 49.8 Å². The van der Waals surface area contributed by atoms with Crippen molar-refractivity contribution in [3.8, 4) is 0 Å². The summed E-state index contributed by atoms with van der Waals surface area (Å²) in [6.45, 7) is 4.01. The van der Waals surface area contributed by atoms with Gasteiger partial charge in [0, 0.05) is 9.50 Å². The van der Waals surface area contributed by atoms with Crippen molar-refractivity contribution in [1.82, 2.24) is 0 Å². The van der Waals surface area contributed by atoms with Crippen molar-refractivity contribution < 1.29 is 4.42 Å². The maximum absolute atomic E-state index is 6.13. The Morgan fingerprint density at radius 3 is 2.61 bits per heavy atom. The molecule has 2 nitrogen and oxygen atoms in total. The highest BCUT2D eigenvalue weighted by Crippen LogP contribution is 2.32. The zero-order valence-electron chi connectivity index (χ0n) is 9.93. The lowest BCUT2D eigenvalue weighted by molar-refractivity contribution is 0.471. The van der Waals surface area contributed by atoms with Crippen LogP contribution in [0.5, 0.6) is 0 Å². The molecule has 0 aliphatic rings. The fourth-order valence-corrected chi connectivity index (χ4v) is 2.68. The van der Waals surface area contributed by atoms with E-state index in [9.17, 15) is 0 Å². The van der Waals surface area contributed by atoms with Gasteiger partial charge in [-0.15, -0.1) is 0 Å². The van der Waals surface area contributed by atoms with Crippen molar-refractivity contribution >= 4 is 49.1 Å². The van der Waals surface area contributed by atoms with Crippen LogP contribution in [0.2, 0.25) is 5.02 Å². The molecule has 0 aliphatic heterocycles. The fraction of sp³-hybridized carbons (Fsp3) is 0.231. The van der Waals surface area contributed by atoms with Gasteiger partial charge in [0.2, 0.25) is 0 Å². The Bertz CT molecular complexity index is 568. The van der Waals surface area contributed by atoms with Crippen LogP contribution < -0.4 is 5.32 Å². The molecule has 96 valence electrons. The van der Waals surface area contributed by atoms with E-state index in [0.29, 0.717) is 0 Å². The number of furan rings is 1. The molecule has 2 rings (SSSR count). The van der Waals surface area contributed by atoms with Crippen LogP contribution in [-0.2, 0) is 0 Å². The van der Waals surface area contributed by atoms with Crippen molar-refractivity contribution in [2.45, 2.75) is 19.9 Å². The number of benzene rings is 1. The van der Waals surface area contributed by atoms with Crippen molar-refractivity contribution in [3.63, 3.8) is 0 Å². The Balaban J connectivity index is 2.21. The third-order valence-corrected chi connectivity index (χ3v) is 4.13. The van der Waals surface area contributed by atoms with Crippen molar-refractivity contribution in [2.75, 3.05) is 5.32 Å². The van der Waals surface area contributed by atoms with Gasteiger partial charge >= 0.3 is 0 Å². The lowest BCUT2D eigenvalue weighted by Crippen LogP contribution is -2.06. The predicted molar refractivity (Wildman–Crippen MR) is 82.3 cm³/mol. The lowest BCUT2D eigenvalue weighted by Gasteiger charge is -2.15. The van der Waals surface area contributed by atoms with E-state index in [1.807, 2.05) is 38.1 Å². The first-order valence-electron chi connectivity index (χ1n) is 5.45. The molecular weight excluding hydrogens is 381 g/mol. The van der Waals surface area contributed by atoms with Gasteiger partial charge in [0.15, 0.2) is 4.67 Å². The Labute approximate surface area is 128 Å². The van der Waals surface area contributed by atoms with Gasteiger partial charge < -0.3 is 9.73 Å². The molecule has 2 aromatic rings. The largest absolute Gasteiger partial charge is 0.452 e. The van der Waals surface area contributed by atoms with Crippen LogP contribution in [0.25, 0.3) is 0 Å². The van der Waals surface area contributed by atoms with E-state index in [0.717, 1.165) is 31.2 Å². The standard InChI is InChI=1S/C13H12Br2ClNO/c1-7-5-9(14)11(6-10(7)16)17-8(2)12-3-4-13(15)18-12/h3-6,8,17H,1-2H3. The smallest absolute Gasteiger partial charge is 0.169 e. The van der Waals surface area contributed by atoms with Gasteiger partial charge in [0.05, 0.1) is 11.7 Å². The van der Waals surface area contributed by atoms with E-state index >= 15 is 0 Å². The monoisotopic (exact) mass is 391 g/mol. The zero-order chi connectivity index (χ0) is 13.3.